The molecular weight excluding hydrogens is 332 g/mol. The molecule has 0 N–H and O–H groups in total. The lowest BCUT2D eigenvalue weighted by atomic mass is 10.0. The zero-order valence-corrected chi connectivity index (χ0v) is 13.9. The number of carbonyl (C=O) groups is 2. The number of amides is 1. The van der Waals surface area contributed by atoms with Gasteiger partial charge in [-0.05, 0) is 24.3 Å². The minimum Gasteiger partial charge on any atom is -0.467 e. The largest absolute Gasteiger partial charge is 0.467 e. The number of likely N-dealkylation sites (N-methyl/N-ethyl adjacent to an activating group) is 1. The Morgan fingerprint density at radius 1 is 1.36 bits per heavy atom. The van der Waals surface area contributed by atoms with Gasteiger partial charge >= 0.3 is 5.97 Å². The molecule has 1 atom stereocenters. The lowest BCUT2D eigenvalue weighted by Gasteiger charge is -2.25. The van der Waals surface area contributed by atoms with Crippen LogP contribution in [-0.4, -0.2) is 40.7 Å². The van der Waals surface area contributed by atoms with Crippen molar-refractivity contribution in [2.75, 3.05) is 14.2 Å². The molecule has 8 heteroatoms. The van der Waals surface area contributed by atoms with Gasteiger partial charge in [-0.25, -0.2) is 13.6 Å². The van der Waals surface area contributed by atoms with Crippen LogP contribution in [0, 0.1) is 11.6 Å². The summed E-state index contributed by atoms with van der Waals surface area (Å²) in [6, 6.07) is 1.28. The molecule has 132 valence electrons. The van der Waals surface area contributed by atoms with Crippen LogP contribution in [-0.2, 0) is 21.4 Å². The predicted octanol–water partition coefficient (Wildman–Crippen LogP) is 2.08. The molecule has 0 saturated carbocycles. The molecule has 2 aromatic rings. The van der Waals surface area contributed by atoms with Gasteiger partial charge < -0.3 is 9.64 Å². The molecule has 25 heavy (non-hydrogen) atoms. The van der Waals surface area contributed by atoms with Crippen molar-refractivity contribution in [1.82, 2.24) is 14.7 Å². The van der Waals surface area contributed by atoms with Gasteiger partial charge in [0.2, 0.25) is 5.91 Å². The number of esters is 1. The Hall–Kier alpha value is -3.03. The van der Waals surface area contributed by atoms with E-state index in [9.17, 15) is 18.4 Å². The third-order valence-corrected chi connectivity index (χ3v) is 3.56. The molecule has 1 aromatic heterocycles. The summed E-state index contributed by atoms with van der Waals surface area (Å²) in [6.07, 6.45) is 5.95. The normalized spacial score (nSPS) is 12.2. The summed E-state index contributed by atoms with van der Waals surface area (Å²) >= 11 is 0. The maximum Gasteiger partial charge on any atom is 0.333 e. The second kappa shape index (κ2) is 7.69. The molecule has 1 aromatic carbocycles. The maximum absolute atomic E-state index is 14.1. The van der Waals surface area contributed by atoms with E-state index in [0.717, 1.165) is 30.2 Å². The van der Waals surface area contributed by atoms with Gasteiger partial charge in [-0.1, -0.05) is 0 Å². The third kappa shape index (κ3) is 4.28. The van der Waals surface area contributed by atoms with Gasteiger partial charge in [-0.3, -0.25) is 9.48 Å². The van der Waals surface area contributed by atoms with Crippen molar-refractivity contribution < 1.29 is 23.1 Å². The fraction of sp³-hybridized carbons (Fsp3) is 0.235. The minimum absolute atomic E-state index is 0.280. The second-order valence-electron chi connectivity index (χ2n) is 5.32. The first-order valence-corrected chi connectivity index (χ1v) is 7.29. The molecule has 0 radical (unpaired) electrons. The molecule has 1 amide bonds. The lowest BCUT2D eigenvalue weighted by molar-refractivity contribution is -0.150. The summed E-state index contributed by atoms with van der Waals surface area (Å²) in [7, 11) is 4.14. The Morgan fingerprint density at radius 3 is 2.68 bits per heavy atom. The van der Waals surface area contributed by atoms with Crippen LogP contribution in [0.1, 0.15) is 17.2 Å². The number of carbonyl (C=O) groups excluding carboxylic acids is 2. The molecule has 2 rings (SSSR count). The van der Waals surface area contributed by atoms with Crippen molar-refractivity contribution in [2.24, 2.45) is 7.05 Å². The molecule has 0 fully saturated rings. The highest BCUT2D eigenvalue weighted by atomic mass is 19.1. The monoisotopic (exact) mass is 349 g/mol. The summed E-state index contributed by atoms with van der Waals surface area (Å²) in [6.45, 7) is 0. The van der Waals surface area contributed by atoms with Crippen molar-refractivity contribution in [3.8, 4) is 0 Å². The molecule has 1 heterocycles. The van der Waals surface area contributed by atoms with Crippen LogP contribution in [0.5, 0.6) is 0 Å². The first-order valence-electron chi connectivity index (χ1n) is 7.29. The van der Waals surface area contributed by atoms with Crippen LogP contribution < -0.4 is 0 Å². The molecule has 0 aliphatic rings. The minimum atomic E-state index is -1.41. The van der Waals surface area contributed by atoms with Crippen molar-refractivity contribution in [2.45, 2.75) is 6.04 Å². The topological polar surface area (TPSA) is 64.4 Å². The van der Waals surface area contributed by atoms with Gasteiger partial charge in [-0.2, -0.15) is 5.10 Å². The molecule has 0 saturated heterocycles. The Kier molecular flexibility index (Phi) is 5.63. The fourth-order valence-electron chi connectivity index (χ4n) is 2.27. The van der Waals surface area contributed by atoms with E-state index in [0.29, 0.717) is 5.56 Å². The average Bonchev–Trinajstić information content (AvgIpc) is 3.01. The molecule has 6 nitrogen and oxygen atoms in total. The summed E-state index contributed by atoms with van der Waals surface area (Å²) in [5, 5.41) is 3.96. The van der Waals surface area contributed by atoms with E-state index < -0.39 is 29.6 Å². The first kappa shape index (κ1) is 18.3. The van der Waals surface area contributed by atoms with E-state index in [-0.39, 0.29) is 5.56 Å². The zero-order valence-electron chi connectivity index (χ0n) is 13.9. The van der Waals surface area contributed by atoms with E-state index >= 15 is 0 Å². The number of hydrogen-bond acceptors (Lipinski definition) is 4. The van der Waals surface area contributed by atoms with E-state index in [1.54, 1.807) is 24.1 Å². The Balaban J connectivity index is 2.30. The summed E-state index contributed by atoms with van der Waals surface area (Å²) in [5.41, 5.74) is 0.397. The standard InChI is InChI=1S/C17H17F2N3O3/c1-21-10-11(9-20-21)4-7-15(23)22(2)16(17(24)25-3)13-8-12(18)5-6-14(13)19/h4-10,16H,1-3H3/b7-4+. The number of halogens is 2. The van der Waals surface area contributed by atoms with Crippen molar-refractivity contribution >= 4 is 18.0 Å². The second-order valence-corrected chi connectivity index (χ2v) is 5.32. The van der Waals surface area contributed by atoms with Gasteiger partial charge in [0.15, 0.2) is 6.04 Å². The number of hydrogen-bond donors (Lipinski definition) is 0. The lowest BCUT2D eigenvalue weighted by Crippen LogP contribution is -2.36. The first-order chi connectivity index (χ1) is 11.8. The van der Waals surface area contributed by atoms with Crippen LogP contribution in [0.3, 0.4) is 0 Å². The van der Waals surface area contributed by atoms with E-state index in [1.807, 2.05) is 0 Å². The van der Waals surface area contributed by atoms with Gasteiger partial charge in [0.1, 0.15) is 11.6 Å². The van der Waals surface area contributed by atoms with Crippen LogP contribution in [0.15, 0.2) is 36.7 Å². The van der Waals surface area contributed by atoms with Gasteiger partial charge in [0.05, 0.1) is 13.3 Å². The van der Waals surface area contributed by atoms with E-state index in [4.69, 9.17) is 0 Å². The molecule has 0 spiro atoms. The maximum atomic E-state index is 14.1. The summed E-state index contributed by atoms with van der Waals surface area (Å²) in [4.78, 5) is 25.4. The van der Waals surface area contributed by atoms with Crippen molar-refractivity contribution in [3.05, 3.63) is 59.4 Å². The number of nitrogens with zero attached hydrogens (tertiary/aromatic N) is 3. The Labute approximate surface area is 143 Å². The quantitative estimate of drug-likeness (QED) is 0.612. The number of methoxy groups -OCH3 is 1. The van der Waals surface area contributed by atoms with Crippen LogP contribution >= 0.6 is 0 Å². The van der Waals surface area contributed by atoms with Crippen LogP contribution in [0.4, 0.5) is 8.78 Å². The van der Waals surface area contributed by atoms with E-state index in [2.05, 4.69) is 9.84 Å². The van der Waals surface area contributed by atoms with Crippen molar-refractivity contribution in [1.29, 1.82) is 0 Å². The van der Waals surface area contributed by atoms with Gasteiger partial charge in [0, 0.05) is 37.5 Å². The highest BCUT2D eigenvalue weighted by Gasteiger charge is 2.31. The number of rotatable bonds is 5. The number of aromatic nitrogens is 2. The highest BCUT2D eigenvalue weighted by Crippen LogP contribution is 2.25. The van der Waals surface area contributed by atoms with Gasteiger partial charge in [-0.15, -0.1) is 0 Å². The molecule has 0 bridgehead atoms. The van der Waals surface area contributed by atoms with Crippen molar-refractivity contribution in [3.63, 3.8) is 0 Å². The Morgan fingerprint density at radius 2 is 2.08 bits per heavy atom. The molecule has 0 aliphatic heterocycles. The molecule has 1 unspecified atom stereocenters. The van der Waals surface area contributed by atoms with Crippen LogP contribution in [0.25, 0.3) is 6.08 Å². The highest BCUT2D eigenvalue weighted by molar-refractivity contribution is 5.94. The summed E-state index contributed by atoms with van der Waals surface area (Å²) < 4.78 is 33.7. The number of aryl methyl sites for hydroxylation is 1. The average molecular weight is 349 g/mol. The third-order valence-electron chi connectivity index (χ3n) is 3.56. The number of benzene rings is 1. The predicted molar refractivity (Wildman–Crippen MR) is 86.1 cm³/mol. The van der Waals surface area contributed by atoms with E-state index in [1.165, 1.54) is 19.2 Å². The SMILES string of the molecule is COC(=O)C(c1cc(F)ccc1F)N(C)C(=O)/C=C/c1cnn(C)c1. The molecule has 0 aliphatic carbocycles. The van der Waals surface area contributed by atoms with Crippen LogP contribution in [0.2, 0.25) is 0 Å². The summed E-state index contributed by atoms with van der Waals surface area (Å²) in [5.74, 6) is -3.00. The zero-order chi connectivity index (χ0) is 18.6. The fourth-order valence-corrected chi connectivity index (χ4v) is 2.27. The molecular formula is C17H17F2N3O3. The van der Waals surface area contributed by atoms with Gasteiger partial charge in [0.25, 0.3) is 0 Å². The Bertz CT molecular complexity index is 817. The smallest absolute Gasteiger partial charge is 0.333 e. The number of ether oxygens (including phenoxy) is 1.